The Bertz CT molecular complexity index is 1800. The predicted molar refractivity (Wildman–Crippen MR) is 367 cm³/mol. The molecule has 0 radical (unpaired) electrons. The molecule has 19 heteroatoms. The van der Waals surface area contributed by atoms with E-state index in [1.807, 2.05) is 0 Å². The van der Waals surface area contributed by atoms with Crippen LogP contribution in [0.2, 0.25) is 0 Å². The van der Waals surface area contributed by atoms with Gasteiger partial charge in [0.1, 0.15) is 19.3 Å². The number of aliphatic hydroxyl groups excluding tert-OH is 1. The van der Waals surface area contributed by atoms with Crippen LogP contribution in [0.15, 0.2) is 0 Å². The van der Waals surface area contributed by atoms with Crippen molar-refractivity contribution < 1.29 is 80.2 Å². The number of unbranched alkanes of at least 4 members (excludes halogenated alkanes) is 34. The minimum Gasteiger partial charge on any atom is -0.462 e. The third-order valence-electron chi connectivity index (χ3n) is 16.9. The topological polar surface area (TPSA) is 237 Å². The number of hydrogen-bond donors (Lipinski definition) is 3. The van der Waals surface area contributed by atoms with E-state index in [0.29, 0.717) is 31.6 Å². The van der Waals surface area contributed by atoms with Gasteiger partial charge in [0.2, 0.25) is 0 Å². The lowest BCUT2D eigenvalue weighted by Crippen LogP contribution is -2.30. The number of phosphoric acid groups is 2. The fourth-order valence-corrected chi connectivity index (χ4v) is 12.4. The minimum atomic E-state index is -4.95. The zero-order valence-electron chi connectivity index (χ0n) is 59.5. The monoisotopic (exact) mass is 1340 g/mol. The van der Waals surface area contributed by atoms with E-state index in [9.17, 15) is 43.2 Å². The van der Waals surface area contributed by atoms with Gasteiger partial charge in [0.15, 0.2) is 12.2 Å². The summed E-state index contributed by atoms with van der Waals surface area (Å²) in [6, 6.07) is 0. The predicted octanol–water partition coefficient (Wildman–Crippen LogP) is 20.5. The smallest absolute Gasteiger partial charge is 0.462 e. The van der Waals surface area contributed by atoms with Crippen LogP contribution in [0.3, 0.4) is 0 Å². The normalized spacial score (nSPS) is 14.5. The van der Waals surface area contributed by atoms with E-state index in [1.165, 1.54) is 154 Å². The fraction of sp³-hybridized carbons (Fsp3) is 0.944. The number of ether oxygens (including phenoxy) is 4. The zero-order valence-corrected chi connectivity index (χ0v) is 61.3. The van der Waals surface area contributed by atoms with E-state index in [1.54, 1.807) is 0 Å². The molecule has 0 saturated heterocycles. The number of carbonyl (C=O) groups is 4. The molecule has 6 atom stereocenters. The molecule has 0 rings (SSSR count). The Morgan fingerprint density at radius 3 is 0.780 bits per heavy atom. The second-order valence-corrected chi connectivity index (χ2v) is 30.6. The number of rotatable bonds is 69. The Hall–Kier alpha value is -1.94. The van der Waals surface area contributed by atoms with Gasteiger partial charge in [-0.1, -0.05) is 306 Å². The Kier molecular flexibility index (Phi) is 60.3. The number of carbonyl (C=O) groups excluding carboxylic acids is 4. The Morgan fingerprint density at radius 2 is 0.527 bits per heavy atom. The molecule has 0 amide bonds. The van der Waals surface area contributed by atoms with Gasteiger partial charge in [0.25, 0.3) is 0 Å². The first-order chi connectivity index (χ1) is 43.6. The van der Waals surface area contributed by atoms with Gasteiger partial charge in [-0.05, 0) is 49.4 Å². The molecule has 91 heavy (non-hydrogen) atoms. The summed E-state index contributed by atoms with van der Waals surface area (Å²) in [5.74, 6) is 0.879. The maximum absolute atomic E-state index is 13.0. The van der Waals surface area contributed by atoms with Crippen molar-refractivity contribution in [2.24, 2.45) is 23.7 Å². The van der Waals surface area contributed by atoms with Gasteiger partial charge in [-0.25, -0.2) is 9.13 Å². The summed E-state index contributed by atoms with van der Waals surface area (Å²) in [6.07, 6.45) is 44.5. The van der Waals surface area contributed by atoms with Gasteiger partial charge < -0.3 is 33.8 Å². The first kappa shape index (κ1) is 89.1. The lowest BCUT2D eigenvalue weighted by molar-refractivity contribution is -0.161. The number of esters is 4. The number of hydrogen-bond acceptors (Lipinski definition) is 15. The molecule has 540 valence electrons. The average molecular weight is 1340 g/mol. The molecule has 0 saturated carbocycles. The molecule has 0 aliphatic rings. The minimum absolute atomic E-state index is 0.103. The van der Waals surface area contributed by atoms with Crippen molar-refractivity contribution >= 4 is 39.5 Å². The molecule has 3 unspecified atom stereocenters. The third-order valence-corrected chi connectivity index (χ3v) is 18.8. The van der Waals surface area contributed by atoms with E-state index < -0.39 is 97.5 Å². The highest BCUT2D eigenvalue weighted by molar-refractivity contribution is 7.47. The standard InChI is InChI=1S/C72H140O17P2/c1-9-65(8)51-43-35-26-22-23-29-39-47-55-72(77)89-68(59-83-70(75)53-45-37-31-30-34-42-50-64(6)7)61-87-91(80,81)85-57-66(73)56-84-90(78,79)86-60-67(88-71(76)54-46-38-28-21-17-13-11-15-19-25-33-41-49-63(4)5)58-82-69(74)52-44-36-27-20-16-12-10-14-18-24-32-40-48-62(2)3/h62-68,73H,9-61H2,1-8H3,(H,78,79)(H,80,81)/t65?,66-,67-,68-/m1/s1. The van der Waals surface area contributed by atoms with E-state index in [-0.39, 0.29) is 25.7 Å². The van der Waals surface area contributed by atoms with Crippen molar-refractivity contribution in [2.75, 3.05) is 39.6 Å². The van der Waals surface area contributed by atoms with Gasteiger partial charge >= 0.3 is 39.5 Å². The number of phosphoric ester groups is 2. The summed E-state index contributed by atoms with van der Waals surface area (Å²) in [4.78, 5) is 72.6. The average Bonchev–Trinajstić information content (AvgIpc) is 3.67. The van der Waals surface area contributed by atoms with Crippen molar-refractivity contribution in [3.63, 3.8) is 0 Å². The van der Waals surface area contributed by atoms with Gasteiger partial charge in [0, 0.05) is 25.7 Å². The van der Waals surface area contributed by atoms with Crippen LogP contribution in [0.5, 0.6) is 0 Å². The van der Waals surface area contributed by atoms with Crippen LogP contribution in [0, 0.1) is 23.7 Å². The Balaban J connectivity index is 5.25. The first-order valence-electron chi connectivity index (χ1n) is 37.2. The quantitative estimate of drug-likeness (QED) is 0.0222. The van der Waals surface area contributed by atoms with Crippen molar-refractivity contribution in [1.82, 2.24) is 0 Å². The molecular formula is C72H140O17P2. The molecule has 0 aromatic rings. The summed E-state index contributed by atoms with van der Waals surface area (Å²) >= 11 is 0. The molecule has 0 heterocycles. The van der Waals surface area contributed by atoms with Gasteiger partial charge in [-0.15, -0.1) is 0 Å². The molecule has 0 aromatic heterocycles. The van der Waals surface area contributed by atoms with E-state index in [2.05, 4.69) is 55.4 Å². The second-order valence-electron chi connectivity index (χ2n) is 27.6. The molecule has 0 aliphatic heterocycles. The summed E-state index contributed by atoms with van der Waals surface area (Å²) in [7, 11) is -9.91. The van der Waals surface area contributed by atoms with Crippen LogP contribution >= 0.6 is 15.6 Å². The summed E-state index contributed by atoms with van der Waals surface area (Å²) in [6.45, 7) is 14.1. The highest BCUT2D eigenvalue weighted by Crippen LogP contribution is 2.45. The van der Waals surface area contributed by atoms with E-state index >= 15 is 0 Å². The lowest BCUT2D eigenvalue weighted by Gasteiger charge is -2.21. The highest BCUT2D eigenvalue weighted by atomic mass is 31.2. The van der Waals surface area contributed by atoms with Crippen molar-refractivity contribution in [1.29, 1.82) is 0 Å². The van der Waals surface area contributed by atoms with Crippen LogP contribution in [0.4, 0.5) is 0 Å². The first-order valence-corrected chi connectivity index (χ1v) is 40.2. The highest BCUT2D eigenvalue weighted by Gasteiger charge is 2.30. The van der Waals surface area contributed by atoms with Crippen LogP contribution < -0.4 is 0 Å². The van der Waals surface area contributed by atoms with Crippen LogP contribution in [-0.2, 0) is 65.4 Å². The number of aliphatic hydroxyl groups is 1. The molecule has 0 aromatic carbocycles. The molecule has 17 nitrogen and oxygen atoms in total. The van der Waals surface area contributed by atoms with Crippen LogP contribution in [-0.4, -0.2) is 96.7 Å². The molecule has 0 bridgehead atoms. The van der Waals surface area contributed by atoms with Crippen LogP contribution in [0.1, 0.15) is 357 Å². The summed E-state index contributed by atoms with van der Waals surface area (Å²) in [5, 5.41) is 10.6. The van der Waals surface area contributed by atoms with Crippen molar-refractivity contribution in [3.05, 3.63) is 0 Å². The van der Waals surface area contributed by atoms with Crippen molar-refractivity contribution in [2.45, 2.75) is 375 Å². The maximum Gasteiger partial charge on any atom is 0.472 e. The fourth-order valence-electron chi connectivity index (χ4n) is 10.8. The molecule has 3 N–H and O–H groups in total. The van der Waals surface area contributed by atoms with E-state index in [0.717, 1.165) is 114 Å². The maximum atomic E-state index is 13.0. The summed E-state index contributed by atoms with van der Waals surface area (Å²) < 4.78 is 68.3. The SMILES string of the molecule is CCC(C)CCCCCCCCCCC(=O)O[C@H](COC(=O)CCCCCCCCC(C)C)COP(=O)(O)OC[C@H](O)COP(=O)(O)OC[C@@H](COC(=O)CCCCCCCCCCCCCCC(C)C)OC(=O)CCCCCCCCCCCCCCC(C)C. The van der Waals surface area contributed by atoms with Crippen LogP contribution in [0.25, 0.3) is 0 Å². The van der Waals surface area contributed by atoms with E-state index in [4.69, 9.17) is 37.0 Å². The Morgan fingerprint density at radius 1 is 0.308 bits per heavy atom. The third kappa shape index (κ3) is 65.1. The molecular weight excluding hydrogens is 1200 g/mol. The molecule has 0 fully saturated rings. The summed E-state index contributed by atoms with van der Waals surface area (Å²) in [5.41, 5.74) is 0. The van der Waals surface area contributed by atoms with Gasteiger partial charge in [-0.2, -0.15) is 0 Å². The van der Waals surface area contributed by atoms with Gasteiger partial charge in [-0.3, -0.25) is 37.3 Å². The lowest BCUT2D eigenvalue weighted by atomic mass is 9.99. The largest absolute Gasteiger partial charge is 0.472 e. The molecule has 0 spiro atoms. The molecule has 0 aliphatic carbocycles. The second kappa shape index (κ2) is 61.6. The van der Waals surface area contributed by atoms with Crippen molar-refractivity contribution in [3.8, 4) is 0 Å². The zero-order chi connectivity index (χ0) is 67.5. The Labute approximate surface area is 556 Å². The van der Waals surface area contributed by atoms with Gasteiger partial charge in [0.05, 0.1) is 26.4 Å².